The molecule has 0 saturated carbocycles. The zero-order chi connectivity index (χ0) is 8.60. The van der Waals surface area contributed by atoms with Crippen molar-refractivity contribution in [3.8, 4) is 0 Å². The van der Waals surface area contributed by atoms with Crippen molar-refractivity contribution in [1.29, 1.82) is 0 Å². The summed E-state index contributed by atoms with van der Waals surface area (Å²) in [6.07, 6.45) is 1.49. The Hall–Kier alpha value is -1.10. The molecule has 0 spiro atoms. The molecule has 4 nitrogen and oxygen atoms in total. The van der Waals surface area contributed by atoms with Gasteiger partial charge >= 0.3 is 0 Å². The van der Waals surface area contributed by atoms with E-state index in [2.05, 4.69) is 10.3 Å². The van der Waals surface area contributed by atoms with Gasteiger partial charge in [-0.25, -0.2) is 13.4 Å². The molecule has 0 aliphatic carbocycles. The minimum Gasteiger partial charge on any atom is -0.382 e. The van der Waals surface area contributed by atoms with Crippen LogP contribution in [0.4, 0.5) is 5.69 Å². The fraction of sp³-hybridized carbons (Fsp3) is 0.286. The average molecular weight is 184 g/mol. The fourth-order valence-electron chi connectivity index (χ4n) is 1.19. The van der Waals surface area contributed by atoms with Crippen molar-refractivity contribution in [3.63, 3.8) is 0 Å². The predicted molar refractivity (Wildman–Crippen MR) is 44.8 cm³/mol. The minimum atomic E-state index is -3.12. The van der Waals surface area contributed by atoms with Gasteiger partial charge in [-0.15, -0.1) is 0 Å². The molecular weight excluding hydrogens is 176 g/mol. The van der Waals surface area contributed by atoms with E-state index in [0.717, 1.165) is 0 Å². The van der Waals surface area contributed by atoms with Crippen molar-refractivity contribution >= 4 is 15.5 Å². The second kappa shape index (κ2) is 2.45. The average Bonchev–Trinajstić information content (AvgIpc) is 2.04. The number of nitrogens with zero attached hydrogens (tertiary/aromatic N) is 1. The van der Waals surface area contributed by atoms with E-state index in [1.54, 1.807) is 12.1 Å². The van der Waals surface area contributed by atoms with Gasteiger partial charge in [-0.05, 0) is 12.1 Å². The lowest BCUT2D eigenvalue weighted by atomic mass is 10.4. The van der Waals surface area contributed by atoms with Gasteiger partial charge in [-0.3, -0.25) is 0 Å². The van der Waals surface area contributed by atoms with Gasteiger partial charge in [-0.2, -0.15) is 0 Å². The molecule has 12 heavy (non-hydrogen) atoms. The van der Waals surface area contributed by atoms with Gasteiger partial charge in [0.05, 0.1) is 11.4 Å². The van der Waals surface area contributed by atoms with Crippen molar-refractivity contribution in [1.82, 2.24) is 4.98 Å². The summed E-state index contributed by atoms with van der Waals surface area (Å²) in [6.45, 7) is 0.473. The summed E-state index contributed by atoms with van der Waals surface area (Å²) in [5, 5.41) is 3.15. The van der Waals surface area contributed by atoms with Crippen LogP contribution < -0.4 is 5.32 Å². The Bertz CT molecular complexity index is 400. The standard InChI is InChI=1S/C7H8N2O2S/c10-12(11)5-4-8-6-2-1-3-9-7(6)12/h1-3,8H,4-5H2. The Morgan fingerprint density at radius 3 is 3.08 bits per heavy atom. The maximum absolute atomic E-state index is 11.4. The van der Waals surface area contributed by atoms with Gasteiger partial charge in [0.1, 0.15) is 0 Å². The number of hydrogen-bond donors (Lipinski definition) is 1. The fourth-order valence-corrected chi connectivity index (χ4v) is 2.45. The number of pyridine rings is 1. The third kappa shape index (κ3) is 1.06. The summed E-state index contributed by atoms with van der Waals surface area (Å²) in [6, 6.07) is 3.44. The van der Waals surface area contributed by atoms with Crippen molar-refractivity contribution in [2.45, 2.75) is 5.03 Å². The highest BCUT2D eigenvalue weighted by Crippen LogP contribution is 2.22. The van der Waals surface area contributed by atoms with Crippen LogP contribution in [-0.2, 0) is 9.84 Å². The monoisotopic (exact) mass is 184 g/mol. The zero-order valence-electron chi connectivity index (χ0n) is 6.32. The maximum Gasteiger partial charge on any atom is 0.199 e. The molecule has 1 aliphatic rings. The number of hydrogen-bond acceptors (Lipinski definition) is 4. The topological polar surface area (TPSA) is 59.1 Å². The first-order valence-corrected chi connectivity index (χ1v) is 5.27. The first kappa shape index (κ1) is 7.54. The van der Waals surface area contributed by atoms with Gasteiger partial charge < -0.3 is 5.32 Å². The molecule has 2 rings (SSSR count). The molecule has 2 heterocycles. The molecule has 1 aromatic heterocycles. The lowest BCUT2D eigenvalue weighted by Crippen LogP contribution is -2.24. The first-order chi connectivity index (χ1) is 5.70. The van der Waals surface area contributed by atoms with E-state index in [9.17, 15) is 8.42 Å². The normalized spacial score (nSPS) is 19.3. The summed E-state index contributed by atoms with van der Waals surface area (Å²) in [5.41, 5.74) is 0.615. The highest BCUT2D eigenvalue weighted by Gasteiger charge is 2.23. The maximum atomic E-state index is 11.4. The summed E-state index contributed by atoms with van der Waals surface area (Å²) in [5.74, 6) is 0.136. The third-order valence-electron chi connectivity index (χ3n) is 1.75. The van der Waals surface area contributed by atoms with Crippen LogP contribution in [0.1, 0.15) is 0 Å². The number of aromatic nitrogens is 1. The largest absolute Gasteiger partial charge is 0.382 e. The van der Waals surface area contributed by atoms with Crippen LogP contribution in [0.5, 0.6) is 0 Å². The van der Waals surface area contributed by atoms with Gasteiger partial charge in [0.15, 0.2) is 14.9 Å². The molecule has 1 aromatic rings. The van der Waals surface area contributed by atoms with E-state index in [0.29, 0.717) is 12.2 Å². The Balaban J connectivity index is 2.67. The van der Waals surface area contributed by atoms with Gasteiger partial charge in [0.2, 0.25) is 0 Å². The second-order valence-electron chi connectivity index (χ2n) is 2.60. The SMILES string of the molecule is O=S1(=O)CCNc2cccnc21. The summed E-state index contributed by atoms with van der Waals surface area (Å²) >= 11 is 0. The van der Waals surface area contributed by atoms with E-state index < -0.39 is 9.84 Å². The first-order valence-electron chi connectivity index (χ1n) is 3.62. The van der Waals surface area contributed by atoms with Crippen LogP contribution in [0.25, 0.3) is 0 Å². The molecule has 0 amide bonds. The van der Waals surface area contributed by atoms with Crippen molar-refractivity contribution < 1.29 is 8.42 Å². The number of nitrogens with one attached hydrogen (secondary N) is 1. The molecule has 1 aliphatic heterocycles. The molecule has 1 N–H and O–H groups in total. The molecule has 0 radical (unpaired) electrons. The minimum absolute atomic E-state index is 0.136. The third-order valence-corrected chi connectivity index (χ3v) is 3.41. The van der Waals surface area contributed by atoms with Gasteiger partial charge in [0.25, 0.3) is 0 Å². The smallest absolute Gasteiger partial charge is 0.199 e. The van der Waals surface area contributed by atoms with Crippen molar-refractivity contribution in [2.24, 2.45) is 0 Å². The number of anilines is 1. The van der Waals surface area contributed by atoms with Gasteiger partial charge in [-0.1, -0.05) is 0 Å². The van der Waals surface area contributed by atoms with Crippen LogP contribution in [0.15, 0.2) is 23.4 Å². The number of sulfone groups is 1. The Kier molecular flexibility index (Phi) is 1.54. The number of fused-ring (bicyclic) bond motifs is 1. The van der Waals surface area contributed by atoms with Crippen LogP contribution in [0.3, 0.4) is 0 Å². The molecule has 0 aromatic carbocycles. The molecule has 64 valence electrons. The Morgan fingerprint density at radius 2 is 2.33 bits per heavy atom. The predicted octanol–water partition coefficient (Wildman–Crippen LogP) is 0.281. The molecule has 0 bridgehead atoms. The summed E-state index contributed by atoms with van der Waals surface area (Å²) in [7, 11) is -3.12. The lowest BCUT2D eigenvalue weighted by molar-refractivity contribution is 0.591. The van der Waals surface area contributed by atoms with E-state index >= 15 is 0 Å². The quantitative estimate of drug-likeness (QED) is 0.629. The molecule has 0 fully saturated rings. The van der Waals surface area contributed by atoms with E-state index in [4.69, 9.17) is 0 Å². The van der Waals surface area contributed by atoms with E-state index in [-0.39, 0.29) is 10.8 Å². The molecule has 0 saturated heterocycles. The summed E-state index contributed by atoms with van der Waals surface area (Å²) < 4.78 is 22.7. The van der Waals surface area contributed by atoms with Crippen LogP contribution in [0.2, 0.25) is 0 Å². The van der Waals surface area contributed by atoms with E-state index in [1.165, 1.54) is 6.20 Å². The molecule has 0 atom stereocenters. The number of rotatable bonds is 0. The summed E-state index contributed by atoms with van der Waals surface area (Å²) in [4.78, 5) is 3.82. The van der Waals surface area contributed by atoms with Crippen molar-refractivity contribution in [3.05, 3.63) is 18.3 Å². The molecule has 5 heteroatoms. The highest BCUT2D eigenvalue weighted by atomic mass is 32.2. The van der Waals surface area contributed by atoms with Gasteiger partial charge in [0, 0.05) is 12.7 Å². The Morgan fingerprint density at radius 1 is 1.50 bits per heavy atom. The van der Waals surface area contributed by atoms with Crippen LogP contribution in [0, 0.1) is 0 Å². The lowest BCUT2D eigenvalue weighted by Gasteiger charge is -2.16. The molecular formula is C7H8N2O2S. The van der Waals surface area contributed by atoms with Crippen LogP contribution in [-0.4, -0.2) is 25.7 Å². The van der Waals surface area contributed by atoms with Crippen molar-refractivity contribution in [2.75, 3.05) is 17.6 Å². The van der Waals surface area contributed by atoms with E-state index in [1.807, 2.05) is 0 Å². The zero-order valence-corrected chi connectivity index (χ0v) is 7.13. The second-order valence-corrected chi connectivity index (χ2v) is 4.63. The van der Waals surface area contributed by atoms with Crippen LogP contribution >= 0.6 is 0 Å². The Labute approximate surface area is 70.6 Å². The highest BCUT2D eigenvalue weighted by molar-refractivity contribution is 7.91. The molecule has 0 unspecified atom stereocenters.